The molecule has 0 aliphatic carbocycles. The number of nitrogens with one attached hydrogen (secondary N) is 1. The molecular weight excluding hydrogens is 420 g/mol. The minimum absolute atomic E-state index is 0. The number of carbonyl (C=O) groups is 2. The number of piperidine rings is 1. The molecule has 0 spiro atoms. The molecule has 2 aromatic rings. The van der Waals surface area contributed by atoms with E-state index in [9.17, 15) is 29.8 Å². The molecule has 1 fully saturated rings. The zero-order valence-electron chi connectivity index (χ0n) is 16.6. The van der Waals surface area contributed by atoms with E-state index in [0.717, 1.165) is 18.2 Å². The molecule has 170 valence electrons. The van der Waals surface area contributed by atoms with E-state index in [0.29, 0.717) is 37.4 Å². The van der Waals surface area contributed by atoms with Crippen LogP contribution in [0.3, 0.4) is 0 Å². The summed E-state index contributed by atoms with van der Waals surface area (Å²) in [6.45, 7) is 2.12. The van der Waals surface area contributed by atoms with Gasteiger partial charge in [-0.2, -0.15) is 0 Å². The summed E-state index contributed by atoms with van der Waals surface area (Å²) in [5, 5.41) is 24.7. The third-order valence-electron chi connectivity index (χ3n) is 4.78. The number of hydrogen-bond acceptors (Lipinski definition) is 7. The monoisotopic (exact) mass is 444 g/mol. The molecule has 0 saturated carbocycles. The van der Waals surface area contributed by atoms with E-state index in [1.165, 1.54) is 11.8 Å². The van der Waals surface area contributed by atoms with Crippen LogP contribution in [0.5, 0.6) is 5.75 Å². The van der Waals surface area contributed by atoms with Crippen molar-refractivity contribution in [3.63, 3.8) is 0 Å². The van der Waals surface area contributed by atoms with Gasteiger partial charge in [-0.05, 0) is 24.3 Å². The summed E-state index contributed by atoms with van der Waals surface area (Å²) in [5.74, 6) is -0.0297. The molecule has 11 heteroatoms. The fourth-order valence-electron chi connectivity index (χ4n) is 3.30. The van der Waals surface area contributed by atoms with Crippen molar-refractivity contribution in [3.8, 4) is 5.75 Å². The highest BCUT2D eigenvalue weighted by Gasteiger charge is 2.27. The minimum atomic E-state index is -0.763. The number of nitro groups is 2. The average Bonchev–Trinajstić information content (AvgIpc) is 2.74. The van der Waals surface area contributed by atoms with Crippen LogP contribution in [0.4, 0.5) is 17.1 Å². The first-order chi connectivity index (χ1) is 14.7. The second-order valence-electron chi connectivity index (χ2n) is 7.07. The quantitative estimate of drug-likeness (QED) is 0.527. The van der Waals surface area contributed by atoms with Gasteiger partial charge in [0.15, 0.2) is 0 Å². The molecule has 0 aromatic heterocycles. The van der Waals surface area contributed by atoms with Gasteiger partial charge < -0.3 is 15.0 Å². The fourth-order valence-corrected chi connectivity index (χ4v) is 3.30. The van der Waals surface area contributed by atoms with Gasteiger partial charge in [0.25, 0.3) is 17.3 Å². The number of nitro benzene ring substituents is 2. The van der Waals surface area contributed by atoms with Crippen LogP contribution in [0.15, 0.2) is 42.5 Å². The van der Waals surface area contributed by atoms with Crippen molar-refractivity contribution >= 4 is 28.9 Å². The Labute approximate surface area is 184 Å². The van der Waals surface area contributed by atoms with E-state index in [1.807, 2.05) is 0 Å². The molecule has 1 saturated heterocycles. The van der Waals surface area contributed by atoms with Gasteiger partial charge >= 0.3 is 0 Å². The lowest BCUT2D eigenvalue weighted by Gasteiger charge is -2.32. The molecule has 3 rings (SSSR count). The van der Waals surface area contributed by atoms with Crippen LogP contribution in [0, 0.1) is 20.2 Å². The molecule has 1 aliphatic rings. The molecule has 0 atom stereocenters. The fraction of sp³-hybridized carbons (Fsp3) is 0.333. The highest BCUT2D eigenvalue weighted by Crippen LogP contribution is 2.26. The Morgan fingerprint density at radius 2 is 1.53 bits per heavy atom. The van der Waals surface area contributed by atoms with E-state index in [1.54, 1.807) is 24.3 Å². The minimum Gasteiger partial charge on any atom is -0.490 e. The zero-order chi connectivity index (χ0) is 22.5. The summed E-state index contributed by atoms with van der Waals surface area (Å²) < 4.78 is 5.92. The van der Waals surface area contributed by atoms with Crippen LogP contribution in [-0.4, -0.2) is 45.8 Å². The van der Waals surface area contributed by atoms with Gasteiger partial charge in [0.2, 0.25) is 5.91 Å². The van der Waals surface area contributed by atoms with Crippen molar-refractivity contribution < 1.29 is 24.2 Å². The number of anilines is 1. The largest absolute Gasteiger partial charge is 0.490 e. The summed E-state index contributed by atoms with van der Waals surface area (Å²) >= 11 is 0. The smallest absolute Gasteiger partial charge is 0.277 e. The summed E-state index contributed by atoms with van der Waals surface area (Å²) in [5.41, 5.74) is -0.433. The van der Waals surface area contributed by atoms with Crippen molar-refractivity contribution in [1.82, 2.24) is 4.90 Å². The Bertz CT molecular complexity index is 983. The number of ether oxygens (including phenoxy) is 1. The third kappa shape index (κ3) is 6.00. The Kier molecular flexibility index (Phi) is 7.83. The molecule has 0 bridgehead atoms. The van der Waals surface area contributed by atoms with Crippen molar-refractivity contribution in [2.24, 2.45) is 0 Å². The first-order valence-corrected chi connectivity index (χ1v) is 9.50. The maximum atomic E-state index is 12.7. The van der Waals surface area contributed by atoms with E-state index in [-0.39, 0.29) is 25.0 Å². The first kappa shape index (κ1) is 24.3. The van der Waals surface area contributed by atoms with Crippen LogP contribution >= 0.6 is 0 Å². The van der Waals surface area contributed by atoms with E-state index in [2.05, 4.69) is 5.32 Å². The number of non-ortho nitro benzene ring substituents is 2. The van der Waals surface area contributed by atoms with Crippen molar-refractivity contribution in [2.45, 2.75) is 33.3 Å². The predicted octanol–water partition coefficient (Wildman–Crippen LogP) is 3.78. The number of benzene rings is 2. The number of carbonyl (C=O) groups excluding carboxylic acids is 2. The standard InChI is InChI=1S/C20H20N4O7.CH4/c1-13(25)21-15-2-4-18(5-3-15)31-19-6-8-22(9-7-19)20(26)14-10-16(23(27)28)12-17(11-14)24(29)30;/h2-5,10-12,19H,6-9H2,1H3,(H,21,25);1H4. The predicted molar refractivity (Wildman–Crippen MR) is 117 cm³/mol. The maximum Gasteiger partial charge on any atom is 0.277 e. The van der Waals surface area contributed by atoms with Crippen LogP contribution in [0.2, 0.25) is 0 Å². The summed E-state index contributed by atoms with van der Waals surface area (Å²) in [6.07, 6.45) is 0.946. The number of nitrogens with zero attached hydrogens (tertiary/aromatic N) is 3. The molecule has 1 heterocycles. The summed E-state index contributed by atoms with van der Waals surface area (Å²) in [4.78, 5) is 45.9. The van der Waals surface area contributed by atoms with Gasteiger partial charge in [-0.25, -0.2) is 0 Å². The number of amides is 2. The molecule has 11 nitrogen and oxygen atoms in total. The molecular formula is C21H24N4O7. The Morgan fingerprint density at radius 1 is 1.00 bits per heavy atom. The second-order valence-corrected chi connectivity index (χ2v) is 7.07. The lowest BCUT2D eigenvalue weighted by molar-refractivity contribution is -0.394. The molecule has 0 radical (unpaired) electrons. The van der Waals surface area contributed by atoms with Gasteiger partial charge in [0.05, 0.1) is 21.5 Å². The maximum absolute atomic E-state index is 12.7. The lowest BCUT2D eigenvalue weighted by Crippen LogP contribution is -2.41. The van der Waals surface area contributed by atoms with Gasteiger partial charge in [0.1, 0.15) is 11.9 Å². The highest BCUT2D eigenvalue weighted by atomic mass is 16.6. The Hall–Kier alpha value is -4.02. The van der Waals surface area contributed by atoms with Gasteiger partial charge in [0, 0.05) is 50.7 Å². The number of hydrogen-bond donors (Lipinski definition) is 1. The van der Waals surface area contributed by atoms with E-state index >= 15 is 0 Å². The van der Waals surface area contributed by atoms with Crippen molar-refractivity contribution in [2.75, 3.05) is 18.4 Å². The summed E-state index contributed by atoms with van der Waals surface area (Å²) in [7, 11) is 0. The van der Waals surface area contributed by atoms with Crippen molar-refractivity contribution in [3.05, 3.63) is 68.3 Å². The van der Waals surface area contributed by atoms with Crippen LogP contribution < -0.4 is 10.1 Å². The normalized spacial score (nSPS) is 13.6. The van der Waals surface area contributed by atoms with E-state index in [4.69, 9.17) is 4.74 Å². The molecule has 0 unspecified atom stereocenters. The van der Waals surface area contributed by atoms with Crippen molar-refractivity contribution in [1.29, 1.82) is 0 Å². The van der Waals surface area contributed by atoms with Gasteiger partial charge in [-0.1, -0.05) is 7.43 Å². The SMILES string of the molecule is C.CC(=O)Nc1ccc(OC2CCN(C(=O)c3cc([N+](=O)[O-])cc([N+](=O)[O-])c3)CC2)cc1. The molecule has 32 heavy (non-hydrogen) atoms. The zero-order valence-corrected chi connectivity index (χ0v) is 16.6. The average molecular weight is 444 g/mol. The molecule has 2 aromatic carbocycles. The molecule has 1 aliphatic heterocycles. The highest BCUT2D eigenvalue weighted by molar-refractivity contribution is 5.95. The Morgan fingerprint density at radius 3 is 2.00 bits per heavy atom. The topological polar surface area (TPSA) is 145 Å². The number of rotatable bonds is 6. The summed E-state index contributed by atoms with van der Waals surface area (Å²) in [6, 6.07) is 9.86. The third-order valence-corrected chi connectivity index (χ3v) is 4.78. The number of likely N-dealkylation sites (tertiary alicyclic amines) is 1. The molecule has 1 N–H and O–H groups in total. The van der Waals surface area contributed by atoms with E-state index < -0.39 is 27.1 Å². The second kappa shape index (κ2) is 10.3. The first-order valence-electron chi connectivity index (χ1n) is 9.50. The van der Waals surface area contributed by atoms with Crippen LogP contribution in [0.25, 0.3) is 0 Å². The lowest BCUT2D eigenvalue weighted by atomic mass is 10.1. The Balaban J connectivity index is 0.00000363. The van der Waals surface area contributed by atoms with Gasteiger partial charge in [-0.3, -0.25) is 29.8 Å². The van der Waals surface area contributed by atoms with Crippen LogP contribution in [0.1, 0.15) is 37.6 Å². The van der Waals surface area contributed by atoms with Crippen LogP contribution in [-0.2, 0) is 4.79 Å². The van der Waals surface area contributed by atoms with Gasteiger partial charge in [-0.15, -0.1) is 0 Å². The molecule has 2 amide bonds.